The van der Waals surface area contributed by atoms with E-state index in [-0.39, 0.29) is 6.61 Å². The highest BCUT2D eigenvalue weighted by Gasteiger charge is 2.11. The van der Waals surface area contributed by atoms with E-state index in [2.05, 4.69) is 10.3 Å². The third-order valence-electron chi connectivity index (χ3n) is 3.32. The minimum atomic E-state index is -0.707. The van der Waals surface area contributed by atoms with Gasteiger partial charge in [-0.1, -0.05) is 35.0 Å². The lowest BCUT2D eigenvalue weighted by Crippen LogP contribution is -2.24. The Bertz CT molecular complexity index is 788. The largest absolute Gasteiger partial charge is 0.489 e. The molecule has 3 rings (SSSR count). The molecule has 1 heterocycles. The Hall–Kier alpha value is -2.11. The SMILES string of the molecule is Cc1ccc(Cl)c(OCC(O)Cn2nnc3ccccc32)c1. The highest BCUT2D eigenvalue weighted by atomic mass is 35.5. The molecule has 6 heteroatoms. The van der Waals surface area contributed by atoms with E-state index in [1.165, 1.54) is 0 Å². The van der Waals surface area contributed by atoms with Gasteiger partial charge in [0.05, 0.1) is 17.1 Å². The zero-order chi connectivity index (χ0) is 15.5. The topological polar surface area (TPSA) is 60.2 Å². The van der Waals surface area contributed by atoms with Crippen molar-refractivity contribution in [3.8, 4) is 5.75 Å². The van der Waals surface area contributed by atoms with Crippen LogP contribution in [0, 0.1) is 6.92 Å². The lowest BCUT2D eigenvalue weighted by atomic mass is 10.2. The number of para-hydroxylation sites is 1. The highest BCUT2D eigenvalue weighted by Crippen LogP contribution is 2.25. The van der Waals surface area contributed by atoms with Crippen molar-refractivity contribution >= 4 is 22.6 Å². The van der Waals surface area contributed by atoms with E-state index in [9.17, 15) is 5.11 Å². The number of aliphatic hydroxyl groups is 1. The number of nitrogens with zero attached hydrogens (tertiary/aromatic N) is 3. The Kier molecular flexibility index (Phi) is 4.27. The lowest BCUT2D eigenvalue weighted by Gasteiger charge is -2.14. The van der Waals surface area contributed by atoms with Crippen LogP contribution >= 0.6 is 11.6 Å². The summed E-state index contributed by atoms with van der Waals surface area (Å²) in [6.07, 6.45) is -0.707. The summed E-state index contributed by atoms with van der Waals surface area (Å²) in [4.78, 5) is 0. The molecular formula is C16H16ClN3O2. The van der Waals surface area contributed by atoms with E-state index in [0.717, 1.165) is 16.6 Å². The molecule has 0 fully saturated rings. The molecule has 0 bridgehead atoms. The quantitative estimate of drug-likeness (QED) is 0.786. The second-order valence-corrected chi connectivity index (χ2v) is 5.57. The van der Waals surface area contributed by atoms with Crippen LogP contribution in [0.25, 0.3) is 11.0 Å². The summed E-state index contributed by atoms with van der Waals surface area (Å²) >= 11 is 6.07. The van der Waals surface area contributed by atoms with Crippen LogP contribution in [0.15, 0.2) is 42.5 Å². The Morgan fingerprint density at radius 2 is 2.09 bits per heavy atom. The minimum absolute atomic E-state index is 0.136. The standard InChI is InChI=1S/C16H16ClN3O2/c1-11-6-7-13(17)16(8-11)22-10-12(21)9-20-15-5-3-2-4-14(15)18-19-20/h2-8,12,21H,9-10H2,1H3. The molecule has 1 N–H and O–H groups in total. The molecule has 0 amide bonds. The lowest BCUT2D eigenvalue weighted by molar-refractivity contribution is 0.0900. The molecule has 0 aliphatic carbocycles. The Morgan fingerprint density at radius 3 is 2.95 bits per heavy atom. The van der Waals surface area contributed by atoms with Crippen molar-refractivity contribution in [1.29, 1.82) is 0 Å². The molecule has 0 saturated carbocycles. The number of halogens is 1. The van der Waals surface area contributed by atoms with E-state index in [1.807, 2.05) is 43.3 Å². The summed E-state index contributed by atoms with van der Waals surface area (Å²) in [5.74, 6) is 0.573. The van der Waals surface area contributed by atoms with Gasteiger partial charge < -0.3 is 9.84 Å². The smallest absolute Gasteiger partial charge is 0.138 e. The fourth-order valence-electron chi connectivity index (χ4n) is 2.21. The maximum absolute atomic E-state index is 10.1. The predicted molar refractivity (Wildman–Crippen MR) is 85.2 cm³/mol. The molecule has 0 spiro atoms. The van der Waals surface area contributed by atoms with Crippen molar-refractivity contribution in [2.45, 2.75) is 19.6 Å². The van der Waals surface area contributed by atoms with E-state index < -0.39 is 6.10 Å². The molecule has 1 atom stereocenters. The fourth-order valence-corrected chi connectivity index (χ4v) is 2.38. The van der Waals surface area contributed by atoms with E-state index in [1.54, 1.807) is 10.7 Å². The first kappa shape index (κ1) is 14.8. The molecule has 5 nitrogen and oxygen atoms in total. The molecular weight excluding hydrogens is 302 g/mol. The number of fused-ring (bicyclic) bond motifs is 1. The predicted octanol–water partition coefficient (Wildman–Crippen LogP) is 2.83. The normalized spacial score (nSPS) is 12.5. The van der Waals surface area contributed by atoms with Gasteiger partial charge in [-0.25, -0.2) is 4.68 Å². The highest BCUT2D eigenvalue weighted by molar-refractivity contribution is 6.32. The molecule has 1 unspecified atom stereocenters. The maximum atomic E-state index is 10.1. The molecule has 0 aliphatic heterocycles. The fraction of sp³-hybridized carbons (Fsp3) is 0.250. The van der Waals surface area contributed by atoms with Crippen LogP contribution in [0.2, 0.25) is 5.02 Å². The average molecular weight is 318 g/mol. The average Bonchev–Trinajstić information content (AvgIpc) is 2.91. The molecule has 0 aliphatic rings. The van der Waals surface area contributed by atoms with Crippen LogP contribution in [0.5, 0.6) is 5.75 Å². The second kappa shape index (κ2) is 6.34. The van der Waals surface area contributed by atoms with E-state index in [4.69, 9.17) is 16.3 Å². The van der Waals surface area contributed by atoms with Gasteiger partial charge in [0.2, 0.25) is 0 Å². The zero-order valence-corrected chi connectivity index (χ0v) is 12.9. The van der Waals surface area contributed by atoms with Crippen molar-refractivity contribution in [2.24, 2.45) is 0 Å². The first-order valence-corrected chi connectivity index (χ1v) is 7.36. The van der Waals surface area contributed by atoms with Crippen LogP contribution in [0.1, 0.15) is 5.56 Å². The minimum Gasteiger partial charge on any atom is -0.489 e. The molecule has 3 aromatic rings. The van der Waals surface area contributed by atoms with Crippen LogP contribution in [0.4, 0.5) is 0 Å². The maximum Gasteiger partial charge on any atom is 0.138 e. The van der Waals surface area contributed by atoms with Crippen LogP contribution in [-0.4, -0.2) is 32.8 Å². The number of aryl methyl sites for hydroxylation is 1. The summed E-state index contributed by atoms with van der Waals surface area (Å²) in [6, 6.07) is 13.2. The van der Waals surface area contributed by atoms with Crippen LogP contribution in [0.3, 0.4) is 0 Å². The van der Waals surface area contributed by atoms with Gasteiger partial charge in [-0.2, -0.15) is 0 Å². The molecule has 2 aromatic carbocycles. The molecule has 0 radical (unpaired) electrons. The van der Waals surface area contributed by atoms with Gasteiger partial charge in [-0.05, 0) is 36.8 Å². The summed E-state index contributed by atoms with van der Waals surface area (Å²) in [5, 5.41) is 18.8. The Labute approximate surface area is 133 Å². The molecule has 22 heavy (non-hydrogen) atoms. The van der Waals surface area contributed by atoms with Gasteiger partial charge in [0, 0.05) is 0 Å². The number of rotatable bonds is 5. The van der Waals surface area contributed by atoms with Gasteiger partial charge in [0.15, 0.2) is 0 Å². The third-order valence-corrected chi connectivity index (χ3v) is 3.63. The summed E-state index contributed by atoms with van der Waals surface area (Å²) in [7, 11) is 0. The van der Waals surface area contributed by atoms with Crippen LogP contribution in [-0.2, 0) is 6.54 Å². The van der Waals surface area contributed by atoms with E-state index in [0.29, 0.717) is 17.3 Å². The van der Waals surface area contributed by atoms with Crippen molar-refractivity contribution in [1.82, 2.24) is 15.0 Å². The zero-order valence-electron chi connectivity index (χ0n) is 12.1. The monoisotopic (exact) mass is 317 g/mol. The number of benzene rings is 2. The summed E-state index contributed by atoms with van der Waals surface area (Å²) in [5.41, 5.74) is 2.74. The van der Waals surface area contributed by atoms with E-state index >= 15 is 0 Å². The Morgan fingerprint density at radius 1 is 1.27 bits per heavy atom. The number of aromatic nitrogens is 3. The summed E-state index contributed by atoms with van der Waals surface area (Å²) < 4.78 is 7.26. The third kappa shape index (κ3) is 3.21. The number of aliphatic hydroxyl groups excluding tert-OH is 1. The molecule has 0 saturated heterocycles. The van der Waals surface area contributed by atoms with Crippen molar-refractivity contribution < 1.29 is 9.84 Å². The van der Waals surface area contributed by atoms with Gasteiger partial charge in [-0.3, -0.25) is 0 Å². The number of ether oxygens (including phenoxy) is 1. The summed E-state index contributed by atoms with van der Waals surface area (Å²) in [6.45, 7) is 2.41. The Balaban J connectivity index is 1.65. The van der Waals surface area contributed by atoms with Gasteiger partial charge in [0.25, 0.3) is 0 Å². The van der Waals surface area contributed by atoms with Gasteiger partial charge in [-0.15, -0.1) is 5.10 Å². The molecule has 114 valence electrons. The van der Waals surface area contributed by atoms with Gasteiger partial charge >= 0.3 is 0 Å². The van der Waals surface area contributed by atoms with Gasteiger partial charge in [0.1, 0.15) is 24.0 Å². The first-order chi connectivity index (χ1) is 10.6. The first-order valence-electron chi connectivity index (χ1n) is 6.99. The van der Waals surface area contributed by atoms with Crippen molar-refractivity contribution in [3.05, 3.63) is 53.1 Å². The van der Waals surface area contributed by atoms with Crippen LogP contribution < -0.4 is 4.74 Å². The van der Waals surface area contributed by atoms with Crippen molar-refractivity contribution in [2.75, 3.05) is 6.61 Å². The second-order valence-electron chi connectivity index (χ2n) is 5.16. The number of hydrogen-bond donors (Lipinski definition) is 1. The number of hydrogen-bond acceptors (Lipinski definition) is 4. The van der Waals surface area contributed by atoms with Crippen molar-refractivity contribution in [3.63, 3.8) is 0 Å². The molecule has 1 aromatic heterocycles.